The highest BCUT2D eigenvalue weighted by Gasteiger charge is 2.08. The summed E-state index contributed by atoms with van der Waals surface area (Å²) in [6, 6.07) is 5.78. The summed E-state index contributed by atoms with van der Waals surface area (Å²) in [6.45, 7) is 3.23. The van der Waals surface area contributed by atoms with E-state index in [2.05, 4.69) is 28.8 Å². The molecule has 0 bridgehead atoms. The molecule has 2 N–H and O–H groups in total. The first-order chi connectivity index (χ1) is 8.72. The first-order valence-corrected chi connectivity index (χ1v) is 6.43. The molecule has 0 saturated heterocycles. The van der Waals surface area contributed by atoms with Crippen LogP contribution in [0.5, 0.6) is 0 Å². The van der Waals surface area contributed by atoms with Crippen molar-refractivity contribution in [2.45, 2.75) is 26.2 Å². The van der Waals surface area contributed by atoms with E-state index in [1.165, 1.54) is 19.3 Å². The zero-order chi connectivity index (χ0) is 13.0. The maximum atomic E-state index is 5.77. The van der Waals surface area contributed by atoms with E-state index in [1.807, 2.05) is 18.2 Å². The quantitative estimate of drug-likeness (QED) is 0.649. The Balaban J connectivity index is 2.27. The molecule has 1 aromatic heterocycles. The molecular weight excluding hydrogens is 224 g/mol. The van der Waals surface area contributed by atoms with Crippen molar-refractivity contribution < 1.29 is 0 Å². The second-order valence-electron chi connectivity index (χ2n) is 4.60. The Morgan fingerprint density at radius 2 is 2.06 bits per heavy atom. The summed E-state index contributed by atoms with van der Waals surface area (Å²) in [5, 5.41) is 1.06. The molecule has 0 unspecified atom stereocenters. The molecule has 0 fully saturated rings. The second-order valence-corrected chi connectivity index (χ2v) is 4.60. The van der Waals surface area contributed by atoms with Gasteiger partial charge in [-0.05, 0) is 24.6 Å². The third-order valence-electron chi connectivity index (χ3n) is 3.10. The molecular formula is C14H20N4. The van der Waals surface area contributed by atoms with E-state index in [1.54, 1.807) is 6.33 Å². The average Bonchev–Trinajstić information content (AvgIpc) is 2.37. The first kappa shape index (κ1) is 12.6. The van der Waals surface area contributed by atoms with E-state index in [9.17, 15) is 0 Å². The Hall–Kier alpha value is -1.84. The number of benzene rings is 1. The molecule has 0 aliphatic carbocycles. The van der Waals surface area contributed by atoms with Gasteiger partial charge in [0.1, 0.15) is 12.1 Å². The Bertz CT molecular complexity index is 524. The van der Waals surface area contributed by atoms with Gasteiger partial charge in [0.05, 0.1) is 5.52 Å². The fourth-order valence-electron chi connectivity index (χ4n) is 2.07. The van der Waals surface area contributed by atoms with Crippen molar-refractivity contribution in [2.75, 3.05) is 24.2 Å². The number of unbranched alkanes of at least 4 members (excludes halogenated alkanes) is 2. The fraction of sp³-hybridized carbons (Fsp3) is 0.429. The van der Waals surface area contributed by atoms with Crippen molar-refractivity contribution >= 4 is 22.4 Å². The molecule has 4 heteroatoms. The summed E-state index contributed by atoms with van der Waals surface area (Å²) >= 11 is 0. The number of hydrogen-bond acceptors (Lipinski definition) is 4. The van der Waals surface area contributed by atoms with E-state index in [4.69, 9.17) is 5.73 Å². The van der Waals surface area contributed by atoms with Gasteiger partial charge in [-0.15, -0.1) is 0 Å². The van der Waals surface area contributed by atoms with Gasteiger partial charge in [0, 0.05) is 24.7 Å². The number of nitrogens with two attached hydrogens (primary N) is 1. The van der Waals surface area contributed by atoms with E-state index in [0.29, 0.717) is 0 Å². The number of anilines is 2. The van der Waals surface area contributed by atoms with Crippen LogP contribution in [-0.4, -0.2) is 23.6 Å². The van der Waals surface area contributed by atoms with Crippen molar-refractivity contribution in [2.24, 2.45) is 0 Å². The van der Waals surface area contributed by atoms with E-state index in [-0.39, 0.29) is 0 Å². The van der Waals surface area contributed by atoms with Crippen LogP contribution in [0.25, 0.3) is 10.9 Å². The Kier molecular flexibility index (Phi) is 3.97. The zero-order valence-electron chi connectivity index (χ0n) is 11.1. The fourth-order valence-corrected chi connectivity index (χ4v) is 2.07. The van der Waals surface area contributed by atoms with Crippen LogP contribution in [0.4, 0.5) is 11.5 Å². The molecule has 1 heterocycles. The smallest absolute Gasteiger partial charge is 0.139 e. The largest absolute Gasteiger partial charge is 0.399 e. The summed E-state index contributed by atoms with van der Waals surface area (Å²) in [5.74, 6) is 0.983. The lowest BCUT2D eigenvalue weighted by Crippen LogP contribution is -2.20. The van der Waals surface area contributed by atoms with Gasteiger partial charge >= 0.3 is 0 Å². The number of aromatic nitrogens is 2. The van der Waals surface area contributed by atoms with Crippen molar-refractivity contribution in [3.8, 4) is 0 Å². The molecule has 0 aliphatic rings. The molecule has 2 aromatic rings. The summed E-state index contributed by atoms with van der Waals surface area (Å²) in [4.78, 5) is 10.8. The lowest BCUT2D eigenvalue weighted by Gasteiger charge is -2.19. The average molecular weight is 244 g/mol. The van der Waals surface area contributed by atoms with E-state index < -0.39 is 0 Å². The first-order valence-electron chi connectivity index (χ1n) is 6.43. The molecule has 4 nitrogen and oxygen atoms in total. The Morgan fingerprint density at radius 3 is 2.83 bits per heavy atom. The lowest BCUT2D eigenvalue weighted by atomic mass is 10.2. The molecule has 0 saturated carbocycles. The second kappa shape index (κ2) is 5.67. The predicted molar refractivity (Wildman–Crippen MR) is 76.7 cm³/mol. The molecule has 2 rings (SSSR count). The number of rotatable bonds is 5. The van der Waals surface area contributed by atoms with Crippen LogP contribution in [0.3, 0.4) is 0 Å². The third-order valence-corrected chi connectivity index (χ3v) is 3.10. The molecule has 18 heavy (non-hydrogen) atoms. The van der Waals surface area contributed by atoms with Crippen molar-refractivity contribution in [3.05, 3.63) is 24.5 Å². The summed E-state index contributed by atoms with van der Waals surface area (Å²) in [7, 11) is 2.08. The van der Waals surface area contributed by atoms with Gasteiger partial charge in [-0.25, -0.2) is 9.97 Å². The maximum absolute atomic E-state index is 5.77. The summed E-state index contributed by atoms with van der Waals surface area (Å²) < 4.78 is 0. The van der Waals surface area contributed by atoms with Gasteiger partial charge in [-0.1, -0.05) is 19.8 Å². The SMILES string of the molecule is CCCCCN(C)c1ncnc2cc(N)ccc12. The van der Waals surface area contributed by atoms with Crippen molar-refractivity contribution in [1.29, 1.82) is 0 Å². The van der Waals surface area contributed by atoms with Crippen LogP contribution in [0.15, 0.2) is 24.5 Å². The van der Waals surface area contributed by atoms with Crippen LogP contribution < -0.4 is 10.6 Å². The lowest BCUT2D eigenvalue weighted by molar-refractivity contribution is 0.702. The van der Waals surface area contributed by atoms with Crippen LogP contribution in [-0.2, 0) is 0 Å². The van der Waals surface area contributed by atoms with Crippen molar-refractivity contribution in [3.63, 3.8) is 0 Å². The zero-order valence-corrected chi connectivity index (χ0v) is 11.1. The van der Waals surface area contributed by atoms with Gasteiger partial charge in [0.25, 0.3) is 0 Å². The Morgan fingerprint density at radius 1 is 1.22 bits per heavy atom. The highest BCUT2D eigenvalue weighted by Crippen LogP contribution is 2.23. The van der Waals surface area contributed by atoms with Gasteiger partial charge in [0.2, 0.25) is 0 Å². The molecule has 0 amide bonds. The number of nitrogens with zero attached hydrogens (tertiary/aromatic N) is 3. The summed E-state index contributed by atoms with van der Waals surface area (Å²) in [5.41, 5.74) is 7.42. The maximum Gasteiger partial charge on any atom is 0.139 e. The molecule has 0 spiro atoms. The molecule has 0 radical (unpaired) electrons. The molecule has 0 atom stereocenters. The highest BCUT2D eigenvalue weighted by atomic mass is 15.2. The van der Waals surface area contributed by atoms with Crippen LogP contribution in [0, 0.1) is 0 Å². The van der Waals surface area contributed by atoms with Crippen LogP contribution >= 0.6 is 0 Å². The van der Waals surface area contributed by atoms with Gasteiger partial charge in [-0.2, -0.15) is 0 Å². The summed E-state index contributed by atoms with van der Waals surface area (Å²) in [6.07, 6.45) is 5.27. The number of hydrogen-bond donors (Lipinski definition) is 1. The van der Waals surface area contributed by atoms with Gasteiger partial charge in [0.15, 0.2) is 0 Å². The molecule has 0 aliphatic heterocycles. The minimum Gasteiger partial charge on any atom is -0.399 e. The minimum absolute atomic E-state index is 0.737. The topological polar surface area (TPSA) is 55.0 Å². The number of fused-ring (bicyclic) bond motifs is 1. The minimum atomic E-state index is 0.737. The predicted octanol–water partition coefficient (Wildman–Crippen LogP) is 2.84. The standard InChI is InChI=1S/C14H20N4/c1-3-4-5-8-18(2)14-12-7-6-11(15)9-13(12)16-10-17-14/h6-7,9-10H,3-5,8,15H2,1-2H3. The third kappa shape index (κ3) is 2.70. The van der Waals surface area contributed by atoms with Gasteiger partial charge in [-0.3, -0.25) is 0 Å². The van der Waals surface area contributed by atoms with Crippen LogP contribution in [0.2, 0.25) is 0 Å². The van der Waals surface area contributed by atoms with Crippen LogP contribution in [0.1, 0.15) is 26.2 Å². The number of nitrogen functional groups attached to an aromatic ring is 1. The monoisotopic (exact) mass is 244 g/mol. The molecule has 96 valence electrons. The highest BCUT2D eigenvalue weighted by molar-refractivity contribution is 5.91. The normalized spacial score (nSPS) is 10.8. The molecule has 1 aromatic carbocycles. The van der Waals surface area contributed by atoms with Gasteiger partial charge < -0.3 is 10.6 Å². The Labute approximate surface area is 108 Å². The van der Waals surface area contributed by atoms with E-state index >= 15 is 0 Å². The van der Waals surface area contributed by atoms with E-state index in [0.717, 1.165) is 29.0 Å². The van der Waals surface area contributed by atoms with Crippen molar-refractivity contribution in [1.82, 2.24) is 9.97 Å².